The average Bonchev–Trinajstić information content (AvgIpc) is 3.12. The lowest BCUT2D eigenvalue weighted by Gasteiger charge is -2.29. The first kappa shape index (κ1) is 23.8. The first-order valence-electron chi connectivity index (χ1n) is 10.6. The minimum atomic E-state index is -0.551. The molecule has 1 aliphatic carbocycles. The fourth-order valence-corrected chi connectivity index (χ4v) is 4.95. The molecule has 0 unspecified atom stereocenters. The lowest BCUT2D eigenvalue weighted by molar-refractivity contribution is -0.122. The third kappa shape index (κ3) is 5.27. The third-order valence-corrected chi connectivity index (χ3v) is 6.51. The summed E-state index contributed by atoms with van der Waals surface area (Å²) in [4.78, 5) is 25.3. The summed E-state index contributed by atoms with van der Waals surface area (Å²) in [7, 11) is 0. The number of hydrogen-bond acceptors (Lipinski definition) is 7. The van der Waals surface area contributed by atoms with Crippen LogP contribution in [-0.2, 0) is 4.79 Å². The minimum absolute atomic E-state index is 0.0254. The third-order valence-electron chi connectivity index (χ3n) is 5.70. The van der Waals surface area contributed by atoms with Crippen molar-refractivity contribution < 1.29 is 9.90 Å². The molecule has 33 heavy (non-hydrogen) atoms. The van der Waals surface area contributed by atoms with Crippen molar-refractivity contribution in [1.82, 2.24) is 19.5 Å². The summed E-state index contributed by atoms with van der Waals surface area (Å²) < 4.78 is 1.99. The molecule has 1 aromatic carbocycles. The number of aliphatic hydroxyl groups excluding tert-OH is 1. The average molecular weight is 513 g/mol. The highest BCUT2D eigenvalue weighted by atomic mass is 35.5. The number of amides is 1. The van der Waals surface area contributed by atoms with Gasteiger partial charge in [0.15, 0.2) is 5.65 Å². The largest absolute Gasteiger partial charge is 0.392 e. The number of nitrogens with two attached hydrogens (primary N) is 1. The van der Waals surface area contributed by atoms with Crippen LogP contribution in [0.25, 0.3) is 11.2 Å². The second kappa shape index (κ2) is 9.89. The van der Waals surface area contributed by atoms with Crippen molar-refractivity contribution in [3.05, 3.63) is 33.4 Å². The van der Waals surface area contributed by atoms with Crippen LogP contribution in [0.1, 0.15) is 38.6 Å². The summed E-state index contributed by atoms with van der Waals surface area (Å²) in [5.41, 5.74) is 7.19. The fraction of sp³-hybridized carbons (Fsp3) is 0.429. The molecule has 5 N–H and O–H groups in total. The molecule has 1 amide bonds. The first-order valence-corrected chi connectivity index (χ1v) is 11.7. The van der Waals surface area contributed by atoms with Gasteiger partial charge in [-0.3, -0.25) is 9.36 Å². The van der Waals surface area contributed by atoms with E-state index < -0.39 is 6.10 Å². The molecule has 12 heteroatoms. The zero-order valence-corrected chi connectivity index (χ0v) is 20.1. The van der Waals surface area contributed by atoms with Gasteiger partial charge in [0.05, 0.1) is 28.0 Å². The molecule has 0 bridgehead atoms. The number of imidazole rings is 1. The van der Waals surface area contributed by atoms with E-state index in [1.165, 1.54) is 0 Å². The molecule has 2 aromatic heterocycles. The summed E-state index contributed by atoms with van der Waals surface area (Å²) in [6.45, 7) is 1.99. The maximum atomic E-state index is 11.6. The Labute approximate surface area is 205 Å². The molecule has 0 radical (unpaired) electrons. The summed E-state index contributed by atoms with van der Waals surface area (Å²) in [5.74, 6) is 0.476. The van der Waals surface area contributed by atoms with Crippen LogP contribution in [-0.4, -0.2) is 43.2 Å². The van der Waals surface area contributed by atoms with Crippen molar-refractivity contribution in [2.24, 2.45) is 11.7 Å². The Hall–Kier alpha value is -2.33. The van der Waals surface area contributed by atoms with Crippen LogP contribution in [0, 0.1) is 5.92 Å². The van der Waals surface area contributed by atoms with E-state index >= 15 is 0 Å². The molecule has 1 fully saturated rings. The van der Waals surface area contributed by atoms with Crippen LogP contribution in [0.3, 0.4) is 0 Å². The number of halogens is 3. The van der Waals surface area contributed by atoms with Crippen LogP contribution < -0.4 is 16.4 Å². The van der Waals surface area contributed by atoms with Gasteiger partial charge in [0.1, 0.15) is 5.52 Å². The van der Waals surface area contributed by atoms with E-state index in [9.17, 15) is 9.90 Å². The second-order valence-corrected chi connectivity index (χ2v) is 9.47. The normalized spacial score (nSPS) is 19.4. The van der Waals surface area contributed by atoms with E-state index in [2.05, 4.69) is 25.6 Å². The predicted octanol–water partition coefficient (Wildman–Crippen LogP) is 4.54. The molecule has 4 rings (SSSR count). The number of hydrogen-bond donors (Lipinski definition) is 4. The molecule has 1 aliphatic rings. The number of fused-ring (bicyclic) bond motifs is 1. The monoisotopic (exact) mass is 511 g/mol. The number of rotatable bonds is 7. The summed E-state index contributed by atoms with van der Waals surface area (Å²) >= 11 is 18.8. The number of nitrogens with one attached hydrogen (secondary N) is 2. The molecule has 1 atom stereocenters. The molecule has 3 aromatic rings. The van der Waals surface area contributed by atoms with Crippen molar-refractivity contribution in [2.75, 3.05) is 17.2 Å². The Morgan fingerprint density at radius 1 is 1.21 bits per heavy atom. The van der Waals surface area contributed by atoms with Gasteiger partial charge in [-0.25, -0.2) is 9.97 Å². The van der Waals surface area contributed by atoms with Crippen LogP contribution in [0.4, 0.5) is 17.6 Å². The SMILES string of the molecule is C[C@@H](O)CNc1ncc2nc(Nc3c(Cl)cc(Cl)cc3Cl)n(C3CCC(C(N)=O)CC3)c2n1. The quantitative estimate of drug-likeness (QED) is 0.365. The molecular formula is C21H24Cl3N7O2. The van der Waals surface area contributed by atoms with E-state index in [4.69, 9.17) is 40.5 Å². The van der Waals surface area contributed by atoms with E-state index in [0.29, 0.717) is 63.2 Å². The molecule has 2 heterocycles. The molecule has 9 nitrogen and oxygen atoms in total. The highest BCUT2D eigenvalue weighted by molar-refractivity contribution is 6.41. The zero-order chi connectivity index (χ0) is 23.7. The van der Waals surface area contributed by atoms with Gasteiger partial charge < -0.3 is 21.5 Å². The van der Waals surface area contributed by atoms with Gasteiger partial charge in [-0.05, 0) is 44.7 Å². The van der Waals surface area contributed by atoms with Gasteiger partial charge in [-0.2, -0.15) is 4.98 Å². The van der Waals surface area contributed by atoms with E-state index in [0.717, 1.165) is 12.8 Å². The summed E-state index contributed by atoms with van der Waals surface area (Å²) in [6.07, 6.45) is 3.89. The van der Waals surface area contributed by atoms with E-state index in [1.54, 1.807) is 25.3 Å². The summed E-state index contributed by atoms with van der Waals surface area (Å²) in [5, 5.41) is 17.0. The highest BCUT2D eigenvalue weighted by Crippen LogP contribution is 2.40. The molecule has 0 spiro atoms. The van der Waals surface area contributed by atoms with Crippen molar-refractivity contribution in [1.29, 1.82) is 0 Å². The predicted molar refractivity (Wildman–Crippen MR) is 130 cm³/mol. The zero-order valence-electron chi connectivity index (χ0n) is 17.9. The fourth-order valence-electron chi connectivity index (χ4n) is 4.04. The molecule has 0 saturated heterocycles. The Bertz CT molecular complexity index is 1150. The van der Waals surface area contributed by atoms with Crippen LogP contribution in [0.2, 0.25) is 15.1 Å². The highest BCUT2D eigenvalue weighted by Gasteiger charge is 2.29. The Morgan fingerprint density at radius 2 is 1.88 bits per heavy atom. The first-order chi connectivity index (χ1) is 15.7. The van der Waals surface area contributed by atoms with Gasteiger partial charge >= 0.3 is 0 Å². The van der Waals surface area contributed by atoms with Crippen LogP contribution in [0.5, 0.6) is 0 Å². The van der Waals surface area contributed by atoms with Gasteiger partial charge in [0.2, 0.25) is 17.8 Å². The Morgan fingerprint density at radius 3 is 2.48 bits per heavy atom. The number of carbonyl (C=O) groups excluding carboxylic acids is 1. The molecule has 0 aliphatic heterocycles. The maximum absolute atomic E-state index is 11.6. The number of primary amides is 1. The number of aromatic nitrogens is 4. The summed E-state index contributed by atoms with van der Waals surface area (Å²) in [6, 6.07) is 3.22. The lowest BCUT2D eigenvalue weighted by Crippen LogP contribution is -2.28. The lowest BCUT2D eigenvalue weighted by atomic mass is 9.85. The Balaban J connectivity index is 1.75. The number of anilines is 3. The van der Waals surface area contributed by atoms with Crippen LogP contribution >= 0.6 is 34.8 Å². The van der Waals surface area contributed by atoms with Gasteiger partial charge in [0, 0.05) is 23.5 Å². The van der Waals surface area contributed by atoms with Crippen molar-refractivity contribution in [3.63, 3.8) is 0 Å². The van der Waals surface area contributed by atoms with E-state index in [-0.39, 0.29) is 17.9 Å². The molecule has 176 valence electrons. The number of aliphatic hydroxyl groups is 1. The van der Waals surface area contributed by atoms with Crippen molar-refractivity contribution in [3.8, 4) is 0 Å². The minimum Gasteiger partial charge on any atom is -0.392 e. The molecule has 1 saturated carbocycles. The van der Waals surface area contributed by atoms with Crippen LogP contribution in [0.15, 0.2) is 18.3 Å². The van der Waals surface area contributed by atoms with Gasteiger partial charge in [-0.15, -0.1) is 0 Å². The maximum Gasteiger partial charge on any atom is 0.224 e. The Kier molecular flexibility index (Phi) is 7.13. The van der Waals surface area contributed by atoms with Crippen molar-refractivity contribution in [2.45, 2.75) is 44.8 Å². The smallest absolute Gasteiger partial charge is 0.224 e. The number of nitrogens with zero attached hydrogens (tertiary/aromatic N) is 4. The standard InChI is InChI=1S/C21H24Cl3N7O2/c1-10(32)8-26-20-27-9-16-19(30-20)31(13-4-2-11(3-5-13)18(25)33)21(28-16)29-17-14(23)6-12(22)7-15(17)24/h6-7,9-11,13,32H,2-5,8H2,1H3,(H2,25,33)(H,28,29)(H,26,27,30)/t10-,11?,13?/m1/s1. The van der Waals surface area contributed by atoms with Gasteiger partial charge in [-0.1, -0.05) is 34.8 Å². The molecular weight excluding hydrogens is 489 g/mol. The van der Waals surface area contributed by atoms with E-state index in [1.807, 2.05) is 4.57 Å². The van der Waals surface area contributed by atoms with Gasteiger partial charge in [0.25, 0.3) is 0 Å². The topological polar surface area (TPSA) is 131 Å². The second-order valence-electron chi connectivity index (χ2n) is 8.22. The number of benzene rings is 1. The van der Waals surface area contributed by atoms with Crippen molar-refractivity contribution >= 4 is 69.5 Å². The number of carbonyl (C=O) groups is 1.